The molecular formula is C24H26N2O4. The van der Waals surface area contributed by atoms with Crippen molar-refractivity contribution in [1.82, 2.24) is 5.32 Å². The zero-order valence-electron chi connectivity index (χ0n) is 17.2. The molecule has 2 amide bonds. The van der Waals surface area contributed by atoms with Crippen LogP contribution < -0.4 is 24.8 Å². The Bertz CT molecular complexity index is 943. The van der Waals surface area contributed by atoms with Gasteiger partial charge in [0.2, 0.25) is 0 Å². The van der Waals surface area contributed by atoms with Crippen molar-refractivity contribution in [1.29, 1.82) is 0 Å². The predicted molar refractivity (Wildman–Crippen MR) is 117 cm³/mol. The molecule has 3 aromatic carbocycles. The van der Waals surface area contributed by atoms with Gasteiger partial charge in [0.05, 0.1) is 14.2 Å². The summed E-state index contributed by atoms with van der Waals surface area (Å²) in [7, 11) is 3.21. The van der Waals surface area contributed by atoms with E-state index < -0.39 is 0 Å². The van der Waals surface area contributed by atoms with Crippen LogP contribution in [0.15, 0.2) is 72.8 Å². The maximum atomic E-state index is 12.2. The zero-order valence-corrected chi connectivity index (χ0v) is 17.2. The van der Waals surface area contributed by atoms with E-state index in [2.05, 4.69) is 10.6 Å². The van der Waals surface area contributed by atoms with Crippen molar-refractivity contribution >= 4 is 11.7 Å². The Morgan fingerprint density at radius 1 is 0.867 bits per heavy atom. The first-order valence-corrected chi connectivity index (χ1v) is 9.71. The number of rotatable bonds is 9. The van der Waals surface area contributed by atoms with E-state index in [1.54, 1.807) is 14.2 Å². The molecule has 0 atom stereocenters. The zero-order chi connectivity index (χ0) is 21.2. The van der Waals surface area contributed by atoms with Gasteiger partial charge in [-0.15, -0.1) is 0 Å². The predicted octanol–water partition coefficient (Wildman–Crippen LogP) is 4.65. The number of ether oxygens (including phenoxy) is 3. The first-order valence-electron chi connectivity index (χ1n) is 9.71. The second-order valence-electron chi connectivity index (χ2n) is 6.58. The van der Waals surface area contributed by atoms with Crippen LogP contribution in [0.3, 0.4) is 0 Å². The van der Waals surface area contributed by atoms with Gasteiger partial charge in [0.15, 0.2) is 11.5 Å². The van der Waals surface area contributed by atoms with Crippen LogP contribution >= 0.6 is 0 Å². The van der Waals surface area contributed by atoms with E-state index in [0.29, 0.717) is 36.8 Å². The maximum absolute atomic E-state index is 12.2. The highest BCUT2D eigenvalue weighted by molar-refractivity contribution is 5.89. The van der Waals surface area contributed by atoms with E-state index in [-0.39, 0.29) is 6.03 Å². The number of urea groups is 1. The van der Waals surface area contributed by atoms with Crippen molar-refractivity contribution in [3.8, 4) is 17.2 Å². The lowest BCUT2D eigenvalue weighted by molar-refractivity contribution is 0.252. The third-order valence-corrected chi connectivity index (χ3v) is 4.52. The molecule has 0 unspecified atom stereocenters. The first kappa shape index (κ1) is 21.0. The summed E-state index contributed by atoms with van der Waals surface area (Å²) in [6.45, 7) is 0.968. The van der Waals surface area contributed by atoms with Crippen molar-refractivity contribution in [3.63, 3.8) is 0 Å². The van der Waals surface area contributed by atoms with Crippen molar-refractivity contribution in [2.24, 2.45) is 0 Å². The van der Waals surface area contributed by atoms with Gasteiger partial charge < -0.3 is 24.8 Å². The number of amides is 2. The molecule has 0 aliphatic rings. The average Bonchev–Trinajstić information content (AvgIpc) is 2.79. The van der Waals surface area contributed by atoms with Gasteiger partial charge in [-0.05, 0) is 47.9 Å². The Labute approximate surface area is 176 Å². The summed E-state index contributed by atoms with van der Waals surface area (Å²) in [5.74, 6) is 2.11. The van der Waals surface area contributed by atoms with Crippen molar-refractivity contribution in [2.75, 3.05) is 26.1 Å². The standard InChI is InChI=1S/C24H26N2O4/c1-28-22-10-6-9-19(23(22)29-2)15-16-25-24(27)26-20-11-13-21(14-12-20)30-17-18-7-4-3-5-8-18/h3-14H,15-17H2,1-2H3,(H2,25,26,27). The Kier molecular flexibility index (Phi) is 7.55. The fourth-order valence-corrected chi connectivity index (χ4v) is 3.01. The van der Waals surface area contributed by atoms with Crippen molar-refractivity contribution in [3.05, 3.63) is 83.9 Å². The van der Waals surface area contributed by atoms with Gasteiger partial charge in [-0.3, -0.25) is 0 Å². The quantitative estimate of drug-likeness (QED) is 0.543. The van der Waals surface area contributed by atoms with E-state index in [1.807, 2.05) is 72.8 Å². The van der Waals surface area contributed by atoms with Crippen LogP contribution in [0.5, 0.6) is 17.2 Å². The van der Waals surface area contributed by atoms with Gasteiger partial charge in [-0.1, -0.05) is 42.5 Å². The van der Waals surface area contributed by atoms with Gasteiger partial charge in [0.25, 0.3) is 0 Å². The molecule has 0 radical (unpaired) electrons. The molecule has 0 saturated carbocycles. The molecule has 3 aromatic rings. The average molecular weight is 406 g/mol. The SMILES string of the molecule is COc1cccc(CCNC(=O)Nc2ccc(OCc3ccccc3)cc2)c1OC. The highest BCUT2D eigenvalue weighted by Gasteiger charge is 2.10. The summed E-state index contributed by atoms with van der Waals surface area (Å²) >= 11 is 0. The molecule has 0 saturated heterocycles. The molecule has 0 aromatic heterocycles. The van der Waals surface area contributed by atoms with Crippen LogP contribution in [0.25, 0.3) is 0 Å². The Morgan fingerprint density at radius 2 is 1.63 bits per heavy atom. The third kappa shape index (κ3) is 5.91. The van der Waals surface area contributed by atoms with E-state index in [9.17, 15) is 4.79 Å². The first-order chi connectivity index (χ1) is 14.7. The smallest absolute Gasteiger partial charge is 0.319 e. The summed E-state index contributed by atoms with van der Waals surface area (Å²) in [6.07, 6.45) is 0.625. The second-order valence-corrected chi connectivity index (χ2v) is 6.58. The Balaban J connectivity index is 1.45. The molecule has 6 nitrogen and oxygen atoms in total. The summed E-state index contributed by atoms with van der Waals surface area (Å²) < 4.78 is 16.5. The summed E-state index contributed by atoms with van der Waals surface area (Å²) in [6, 6.07) is 22.7. The van der Waals surface area contributed by atoms with Crippen LogP contribution in [0.1, 0.15) is 11.1 Å². The van der Waals surface area contributed by atoms with Gasteiger partial charge in [-0.25, -0.2) is 4.79 Å². The summed E-state index contributed by atoms with van der Waals surface area (Å²) in [4.78, 5) is 12.2. The van der Waals surface area contributed by atoms with E-state index in [1.165, 1.54) is 0 Å². The molecule has 3 rings (SSSR count). The summed E-state index contributed by atoms with van der Waals surface area (Å²) in [5, 5.41) is 5.67. The molecule has 0 spiro atoms. The molecular weight excluding hydrogens is 380 g/mol. The highest BCUT2D eigenvalue weighted by atomic mass is 16.5. The number of nitrogens with one attached hydrogen (secondary N) is 2. The number of carbonyl (C=O) groups is 1. The number of methoxy groups -OCH3 is 2. The molecule has 0 aliphatic carbocycles. The fraction of sp³-hybridized carbons (Fsp3) is 0.208. The summed E-state index contributed by atoms with van der Waals surface area (Å²) in [5.41, 5.74) is 2.77. The lowest BCUT2D eigenvalue weighted by Crippen LogP contribution is -2.30. The number of anilines is 1. The minimum absolute atomic E-state index is 0.269. The number of hydrogen-bond donors (Lipinski definition) is 2. The number of benzene rings is 3. The normalized spacial score (nSPS) is 10.2. The minimum Gasteiger partial charge on any atom is -0.493 e. The number of para-hydroxylation sites is 1. The van der Waals surface area contributed by atoms with Gasteiger partial charge >= 0.3 is 6.03 Å². The van der Waals surface area contributed by atoms with E-state index in [0.717, 1.165) is 16.9 Å². The van der Waals surface area contributed by atoms with Crippen LogP contribution in [0.2, 0.25) is 0 Å². The minimum atomic E-state index is -0.269. The molecule has 6 heteroatoms. The Hall–Kier alpha value is -3.67. The van der Waals surface area contributed by atoms with Crippen molar-refractivity contribution in [2.45, 2.75) is 13.0 Å². The monoisotopic (exact) mass is 406 g/mol. The molecule has 156 valence electrons. The highest BCUT2D eigenvalue weighted by Crippen LogP contribution is 2.30. The largest absolute Gasteiger partial charge is 0.493 e. The molecule has 0 fully saturated rings. The maximum Gasteiger partial charge on any atom is 0.319 e. The van der Waals surface area contributed by atoms with Crippen LogP contribution in [0.4, 0.5) is 10.5 Å². The van der Waals surface area contributed by atoms with E-state index in [4.69, 9.17) is 14.2 Å². The number of hydrogen-bond acceptors (Lipinski definition) is 4. The lowest BCUT2D eigenvalue weighted by atomic mass is 10.1. The van der Waals surface area contributed by atoms with Gasteiger partial charge in [0, 0.05) is 12.2 Å². The molecule has 0 bridgehead atoms. The van der Waals surface area contributed by atoms with E-state index >= 15 is 0 Å². The molecule has 0 heterocycles. The number of carbonyl (C=O) groups excluding carboxylic acids is 1. The Morgan fingerprint density at radius 3 is 2.33 bits per heavy atom. The second kappa shape index (κ2) is 10.8. The molecule has 2 N–H and O–H groups in total. The van der Waals surface area contributed by atoms with Crippen molar-refractivity contribution < 1.29 is 19.0 Å². The van der Waals surface area contributed by atoms with Gasteiger partial charge in [0.1, 0.15) is 12.4 Å². The molecule has 0 aliphatic heterocycles. The van der Waals surface area contributed by atoms with Gasteiger partial charge in [-0.2, -0.15) is 0 Å². The topological polar surface area (TPSA) is 68.8 Å². The fourth-order valence-electron chi connectivity index (χ4n) is 3.01. The van der Waals surface area contributed by atoms with Crippen LogP contribution in [-0.2, 0) is 13.0 Å². The third-order valence-electron chi connectivity index (χ3n) is 4.52. The van der Waals surface area contributed by atoms with Crippen LogP contribution in [0, 0.1) is 0 Å². The molecule has 30 heavy (non-hydrogen) atoms. The lowest BCUT2D eigenvalue weighted by Gasteiger charge is -2.13. The van der Waals surface area contributed by atoms with Crippen LogP contribution in [-0.4, -0.2) is 26.8 Å².